The molecule has 1 aromatic heterocycles. The standard InChI is InChI=1S/C12H12N2O/c1-3-12(15)14-10-7-11-9(4-5-13-11)6-8(10)2/h3-7,13H,1H2,2H3,(H,14,15). The fourth-order valence-electron chi connectivity index (χ4n) is 1.53. The van der Waals surface area contributed by atoms with Crippen molar-refractivity contribution in [3.8, 4) is 0 Å². The Bertz CT molecular complexity index is 525. The predicted molar refractivity (Wildman–Crippen MR) is 61.9 cm³/mol. The molecular formula is C12H12N2O. The van der Waals surface area contributed by atoms with Crippen LogP contribution in [0.25, 0.3) is 10.9 Å². The van der Waals surface area contributed by atoms with Gasteiger partial charge in [-0.25, -0.2) is 0 Å². The lowest BCUT2D eigenvalue weighted by Gasteiger charge is -2.06. The average Bonchev–Trinajstić information content (AvgIpc) is 2.65. The van der Waals surface area contributed by atoms with Gasteiger partial charge in [0.1, 0.15) is 0 Å². The maximum atomic E-state index is 11.2. The van der Waals surface area contributed by atoms with Crippen LogP contribution in [0, 0.1) is 6.92 Å². The first-order valence-electron chi connectivity index (χ1n) is 4.72. The fraction of sp³-hybridized carbons (Fsp3) is 0.0833. The summed E-state index contributed by atoms with van der Waals surface area (Å²) in [4.78, 5) is 14.3. The monoisotopic (exact) mass is 200 g/mol. The Kier molecular flexibility index (Phi) is 2.29. The first-order chi connectivity index (χ1) is 7.20. The molecule has 2 rings (SSSR count). The average molecular weight is 200 g/mol. The summed E-state index contributed by atoms with van der Waals surface area (Å²) in [5.74, 6) is -0.191. The van der Waals surface area contributed by atoms with E-state index in [1.165, 1.54) is 6.08 Å². The molecule has 0 atom stereocenters. The Balaban J connectivity index is 2.45. The summed E-state index contributed by atoms with van der Waals surface area (Å²) >= 11 is 0. The fourth-order valence-corrected chi connectivity index (χ4v) is 1.53. The Morgan fingerprint density at radius 1 is 1.53 bits per heavy atom. The van der Waals surface area contributed by atoms with Crippen LogP contribution in [-0.4, -0.2) is 10.9 Å². The molecule has 15 heavy (non-hydrogen) atoms. The third-order valence-electron chi connectivity index (χ3n) is 2.34. The van der Waals surface area contributed by atoms with E-state index in [1.807, 2.05) is 31.3 Å². The van der Waals surface area contributed by atoms with Crippen LogP contribution in [0.2, 0.25) is 0 Å². The molecule has 0 saturated heterocycles. The van der Waals surface area contributed by atoms with E-state index >= 15 is 0 Å². The molecule has 76 valence electrons. The van der Waals surface area contributed by atoms with E-state index in [4.69, 9.17) is 0 Å². The van der Waals surface area contributed by atoms with Crippen LogP contribution < -0.4 is 5.32 Å². The Hall–Kier alpha value is -2.03. The van der Waals surface area contributed by atoms with Crippen molar-refractivity contribution in [3.05, 3.63) is 42.6 Å². The lowest BCUT2D eigenvalue weighted by Crippen LogP contribution is -2.08. The number of anilines is 1. The molecule has 2 N–H and O–H groups in total. The number of aromatic amines is 1. The number of rotatable bonds is 2. The quantitative estimate of drug-likeness (QED) is 0.719. The second kappa shape index (κ2) is 3.61. The summed E-state index contributed by atoms with van der Waals surface area (Å²) in [5, 5.41) is 3.91. The van der Waals surface area contributed by atoms with E-state index in [1.54, 1.807) is 0 Å². The van der Waals surface area contributed by atoms with E-state index in [0.29, 0.717) is 0 Å². The minimum atomic E-state index is -0.191. The van der Waals surface area contributed by atoms with Crippen LogP contribution in [-0.2, 0) is 4.79 Å². The molecular weight excluding hydrogens is 188 g/mol. The summed E-state index contributed by atoms with van der Waals surface area (Å²) < 4.78 is 0. The molecule has 0 unspecified atom stereocenters. The van der Waals surface area contributed by atoms with Gasteiger partial charge in [-0.05, 0) is 42.1 Å². The number of benzene rings is 1. The van der Waals surface area contributed by atoms with Crippen molar-refractivity contribution < 1.29 is 4.79 Å². The maximum Gasteiger partial charge on any atom is 0.247 e. The third kappa shape index (κ3) is 1.76. The van der Waals surface area contributed by atoms with Crippen molar-refractivity contribution in [1.29, 1.82) is 0 Å². The topological polar surface area (TPSA) is 44.9 Å². The molecule has 0 spiro atoms. The van der Waals surface area contributed by atoms with E-state index < -0.39 is 0 Å². The minimum absolute atomic E-state index is 0.191. The van der Waals surface area contributed by atoms with Crippen molar-refractivity contribution in [3.63, 3.8) is 0 Å². The number of carbonyl (C=O) groups excluding carboxylic acids is 1. The smallest absolute Gasteiger partial charge is 0.247 e. The summed E-state index contributed by atoms with van der Waals surface area (Å²) in [6, 6.07) is 5.96. The molecule has 1 aromatic carbocycles. The highest BCUT2D eigenvalue weighted by atomic mass is 16.1. The van der Waals surface area contributed by atoms with Crippen molar-refractivity contribution in [2.24, 2.45) is 0 Å². The van der Waals surface area contributed by atoms with Crippen LogP contribution in [0.3, 0.4) is 0 Å². The van der Waals surface area contributed by atoms with E-state index in [-0.39, 0.29) is 5.91 Å². The zero-order chi connectivity index (χ0) is 10.8. The van der Waals surface area contributed by atoms with Gasteiger partial charge in [-0.15, -0.1) is 0 Å². The van der Waals surface area contributed by atoms with Crippen LogP contribution in [0.5, 0.6) is 0 Å². The van der Waals surface area contributed by atoms with Gasteiger partial charge in [0.25, 0.3) is 0 Å². The van der Waals surface area contributed by atoms with Gasteiger partial charge < -0.3 is 10.3 Å². The lowest BCUT2D eigenvalue weighted by molar-refractivity contribution is -0.111. The van der Waals surface area contributed by atoms with Crippen LogP contribution >= 0.6 is 0 Å². The molecule has 0 fully saturated rings. The van der Waals surface area contributed by atoms with Gasteiger partial charge in [-0.3, -0.25) is 4.79 Å². The summed E-state index contributed by atoms with van der Waals surface area (Å²) in [7, 11) is 0. The second-order valence-electron chi connectivity index (χ2n) is 3.43. The molecule has 1 amide bonds. The van der Waals surface area contributed by atoms with Crippen LogP contribution in [0.1, 0.15) is 5.56 Å². The number of carbonyl (C=O) groups is 1. The molecule has 3 nitrogen and oxygen atoms in total. The van der Waals surface area contributed by atoms with Gasteiger partial charge in [0.15, 0.2) is 0 Å². The minimum Gasteiger partial charge on any atom is -0.361 e. The SMILES string of the molecule is C=CC(=O)Nc1cc2[nH]ccc2cc1C. The van der Waals surface area contributed by atoms with Crippen LogP contribution in [0.15, 0.2) is 37.1 Å². The first-order valence-corrected chi connectivity index (χ1v) is 4.72. The van der Waals surface area contributed by atoms with E-state index in [0.717, 1.165) is 22.2 Å². The molecule has 3 heteroatoms. The largest absolute Gasteiger partial charge is 0.361 e. The maximum absolute atomic E-state index is 11.2. The van der Waals surface area contributed by atoms with Gasteiger partial charge >= 0.3 is 0 Å². The van der Waals surface area contributed by atoms with Gasteiger partial charge in [-0.2, -0.15) is 0 Å². The van der Waals surface area contributed by atoms with E-state index in [2.05, 4.69) is 16.9 Å². The molecule has 0 aliphatic heterocycles. The predicted octanol–water partition coefficient (Wildman–Crippen LogP) is 2.60. The van der Waals surface area contributed by atoms with Crippen molar-refractivity contribution in [2.45, 2.75) is 6.92 Å². The number of aromatic nitrogens is 1. The van der Waals surface area contributed by atoms with Gasteiger partial charge in [0.05, 0.1) is 0 Å². The molecule has 2 aromatic rings. The third-order valence-corrected chi connectivity index (χ3v) is 2.34. The first kappa shape index (κ1) is 9.52. The Morgan fingerprint density at radius 2 is 2.33 bits per heavy atom. The Labute approximate surface area is 87.8 Å². The summed E-state index contributed by atoms with van der Waals surface area (Å²) in [5.41, 5.74) is 2.87. The van der Waals surface area contributed by atoms with Crippen molar-refractivity contribution in [1.82, 2.24) is 4.98 Å². The van der Waals surface area contributed by atoms with Gasteiger partial charge in [0, 0.05) is 17.4 Å². The number of fused-ring (bicyclic) bond motifs is 1. The molecule has 1 heterocycles. The summed E-state index contributed by atoms with van der Waals surface area (Å²) in [6.07, 6.45) is 3.14. The molecule has 0 radical (unpaired) electrons. The molecule has 0 bridgehead atoms. The highest BCUT2D eigenvalue weighted by Gasteiger charge is 2.03. The number of amides is 1. The highest BCUT2D eigenvalue weighted by molar-refractivity contribution is 6.00. The number of hydrogen-bond acceptors (Lipinski definition) is 1. The van der Waals surface area contributed by atoms with Crippen molar-refractivity contribution in [2.75, 3.05) is 5.32 Å². The number of H-pyrrole nitrogens is 1. The Morgan fingerprint density at radius 3 is 3.07 bits per heavy atom. The van der Waals surface area contributed by atoms with E-state index in [9.17, 15) is 4.79 Å². The van der Waals surface area contributed by atoms with Crippen molar-refractivity contribution >= 4 is 22.5 Å². The van der Waals surface area contributed by atoms with Gasteiger partial charge in [-0.1, -0.05) is 6.58 Å². The number of nitrogens with one attached hydrogen (secondary N) is 2. The normalized spacial score (nSPS) is 10.2. The second-order valence-corrected chi connectivity index (χ2v) is 3.43. The highest BCUT2D eigenvalue weighted by Crippen LogP contribution is 2.22. The zero-order valence-corrected chi connectivity index (χ0v) is 8.50. The zero-order valence-electron chi connectivity index (χ0n) is 8.50. The number of hydrogen-bond donors (Lipinski definition) is 2. The summed E-state index contributed by atoms with van der Waals surface area (Å²) in [6.45, 7) is 5.38. The number of aryl methyl sites for hydroxylation is 1. The lowest BCUT2D eigenvalue weighted by atomic mass is 10.1. The van der Waals surface area contributed by atoms with Gasteiger partial charge in [0.2, 0.25) is 5.91 Å². The molecule has 0 aliphatic carbocycles. The van der Waals surface area contributed by atoms with Crippen LogP contribution in [0.4, 0.5) is 5.69 Å². The molecule has 0 aliphatic rings. The molecule has 0 saturated carbocycles.